The summed E-state index contributed by atoms with van der Waals surface area (Å²) in [5, 5.41) is 2.14. The Morgan fingerprint density at radius 3 is 2.72 bits per heavy atom. The predicted molar refractivity (Wildman–Crippen MR) is 69.4 cm³/mol. The maximum atomic E-state index is 11.1. The predicted octanol–water partition coefficient (Wildman–Crippen LogP) is 1.85. The molecule has 18 heavy (non-hydrogen) atoms. The van der Waals surface area contributed by atoms with Crippen LogP contribution in [0.2, 0.25) is 0 Å². The fourth-order valence-electron chi connectivity index (χ4n) is 1.86. The monoisotopic (exact) mass is 245 g/mol. The highest BCUT2D eigenvalue weighted by Gasteiger charge is 2.09. The van der Waals surface area contributed by atoms with Gasteiger partial charge in [0.15, 0.2) is 6.61 Å². The van der Waals surface area contributed by atoms with Gasteiger partial charge in [0, 0.05) is 12.1 Å². The van der Waals surface area contributed by atoms with Gasteiger partial charge in [-0.1, -0.05) is 30.3 Å². The number of benzene rings is 2. The molecule has 0 fully saturated rings. The summed E-state index contributed by atoms with van der Waals surface area (Å²) >= 11 is 0. The Hall–Kier alpha value is -2.07. The standard InChI is InChI=1S/C14H15NO3/c1-17-14(16)9-18-13-7-6-10-4-2-3-5-11(10)12(13)8-15/h2-7H,8-9,15H2,1H3. The van der Waals surface area contributed by atoms with Crippen molar-refractivity contribution in [2.45, 2.75) is 6.54 Å². The number of carbonyl (C=O) groups is 1. The van der Waals surface area contributed by atoms with E-state index >= 15 is 0 Å². The van der Waals surface area contributed by atoms with Crippen molar-refractivity contribution in [3.8, 4) is 5.75 Å². The second-order valence-corrected chi connectivity index (χ2v) is 3.83. The molecule has 2 aromatic carbocycles. The van der Waals surface area contributed by atoms with Gasteiger partial charge >= 0.3 is 5.97 Å². The minimum Gasteiger partial charge on any atom is -0.482 e. The molecular weight excluding hydrogens is 230 g/mol. The molecule has 0 saturated carbocycles. The van der Waals surface area contributed by atoms with E-state index in [0.29, 0.717) is 12.3 Å². The van der Waals surface area contributed by atoms with Crippen molar-refractivity contribution < 1.29 is 14.3 Å². The number of ether oxygens (including phenoxy) is 2. The van der Waals surface area contributed by atoms with E-state index in [1.807, 2.05) is 36.4 Å². The van der Waals surface area contributed by atoms with Crippen molar-refractivity contribution in [1.29, 1.82) is 0 Å². The molecule has 0 aliphatic heterocycles. The fraction of sp³-hybridized carbons (Fsp3) is 0.214. The molecule has 0 radical (unpaired) electrons. The third-order valence-corrected chi connectivity index (χ3v) is 2.77. The molecule has 0 aliphatic rings. The lowest BCUT2D eigenvalue weighted by Crippen LogP contribution is -2.14. The number of hydrogen-bond acceptors (Lipinski definition) is 4. The topological polar surface area (TPSA) is 61.5 Å². The summed E-state index contributed by atoms with van der Waals surface area (Å²) in [7, 11) is 1.33. The second-order valence-electron chi connectivity index (χ2n) is 3.83. The van der Waals surface area contributed by atoms with Crippen molar-refractivity contribution in [3.05, 3.63) is 42.0 Å². The maximum absolute atomic E-state index is 11.1. The molecule has 4 heteroatoms. The number of esters is 1. The van der Waals surface area contributed by atoms with E-state index < -0.39 is 5.97 Å². The van der Waals surface area contributed by atoms with Gasteiger partial charge < -0.3 is 15.2 Å². The molecule has 2 rings (SSSR count). The number of methoxy groups -OCH3 is 1. The maximum Gasteiger partial charge on any atom is 0.343 e. The van der Waals surface area contributed by atoms with Crippen LogP contribution in [0.3, 0.4) is 0 Å². The number of carbonyl (C=O) groups excluding carboxylic acids is 1. The second kappa shape index (κ2) is 5.51. The summed E-state index contributed by atoms with van der Waals surface area (Å²) in [5.41, 5.74) is 6.66. The Morgan fingerprint density at radius 1 is 1.22 bits per heavy atom. The van der Waals surface area contributed by atoms with E-state index in [9.17, 15) is 4.79 Å². The molecule has 0 atom stereocenters. The number of hydrogen-bond donors (Lipinski definition) is 1. The average molecular weight is 245 g/mol. The SMILES string of the molecule is COC(=O)COc1ccc2ccccc2c1CN. The van der Waals surface area contributed by atoms with Crippen molar-refractivity contribution in [1.82, 2.24) is 0 Å². The highest BCUT2D eigenvalue weighted by atomic mass is 16.6. The van der Waals surface area contributed by atoms with Crippen molar-refractivity contribution >= 4 is 16.7 Å². The summed E-state index contributed by atoms with van der Waals surface area (Å²) in [6.45, 7) is 0.250. The number of rotatable bonds is 4. The van der Waals surface area contributed by atoms with Gasteiger partial charge in [-0.05, 0) is 16.8 Å². The molecule has 2 N–H and O–H groups in total. The van der Waals surface area contributed by atoms with Gasteiger partial charge in [0.2, 0.25) is 0 Å². The molecular formula is C14H15NO3. The molecule has 0 amide bonds. The fourth-order valence-corrected chi connectivity index (χ4v) is 1.86. The molecule has 0 heterocycles. The van der Waals surface area contributed by atoms with E-state index in [1.165, 1.54) is 7.11 Å². The van der Waals surface area contributed by atoms with E-state index in [4.69, 9.17) is 10.5 Å². The van der Waals surface area contributed by atoms with Crippen LogP contribution in [0.4, 0.5) is 0 Å². The highest BCUT2D eigenvalue weighted by molar-refractivity contribution is 5.87. The first-order valence-corrected chi connectivity index (χ1v) is 5.66. The van der Waals surface area contributed by atoms with Crippen LogP contribution < -0.4 is 10.5 Å². The third kappa shape index (κ3) is 2.43. The number of fused-ring (bicyclic) bond motifs is 1. The van der Waals surface area contributed by atoms with Gasteiger partial charge in [0.25, 0.3) is 0 Å². The zero-order valence-corrected chi connectivity index (χ0v) is 10.2. The van der Waals surface area contributed by atoms with Crippen LogP contribution in [0.1, 0.15) is 5.56 Å². The van der Waals surface area contributed by atoms with Gasteiger partial charge in [-0.25, -0.2) is 4.79 Å². The van der Waals surface area contributed by atoms with Crippen LogP contribution >= 0.6 is 0 Å². The lowest BCUT2D eigenvalue weighted by molar-refractivity contribution is -0.142. The molecule has 2 aromatic rings. The number of nitrogens with two attached hydrogens (primary N) is 1. The minimum atomic E-state index is -0.411. The normalized spacial score (nSPS) is 10.3. The van der Waals surface area contributed by atoms with Gasteiger partial charge in [0.05, 0.1) is 7.11 Å². The minimum absolute atomic E-state index is 0.109. The third-order valence-electron chi connectivity index (χ3n) is 2.77. The Bertz CT molecular complexity index is 566. The quantitative estimate of drug-likeness (QED) is 0.835. The zero-order chi connectivity index (χ0) is 13.0. The van der Waals surface area contributed by atoms with Gasteiger partial charge in [-0.3, -0.25) is 0 Å². The summed E-state index contributed by atoms with van der Waals surface area (Å²) < 4.78 is 9.97. The van der Waals surface area contributed by atoms with Crippen LogP contribution in [-0.2, 0) is 16.1 Å². The zero-order valence-electron chi connectivity index (χ0n) is 10.2. The lowest BCUT2D eigenvalue weighted by atomic mass is 10.0. The molecule has 0 bridgehead atoms. The average Bonchev–Trinajstić information content (AvgIpc) is 2.43. The molecule has 94 valence electrons. The van der Waals surface area contributed by atoms with Crippen LogP contribution in [-0.4, -0.2) is 19.7 Å². The lowest BCUT2D eigenvalue weighted by Gasteiger charge is -2.12. The van der Waals surface area contributed by atoms with Gasteiger partial charge in [-0.2, -0.15) is 0 Å². The van der Waals surface area contributed by atoms with Crippen LogP contribution in [0.15, 0.2) is 36.4 Å². The van der Waals surface area contributed by atoms with Crippen molar-refractivity contribution in [3.63, 3.8) is 0 Å². The van der Waals surface area contributed by atoms with Crippen LogP contribution in [0.25, 0.3) is 10.8 Å². The molecule has 0 unspecified atom stereocenters. The van der Waals surface area contributed by atoms with Crippen LogP contribution in [0.5, 0.6) is 5.75 Å². The first kappa shape index (κ1) is 12.4. The first-order chi connectivity index (χ1) is 8.76. The molecule has 0 saturated heterocycles. The van der Waals surface area contributed by atoms with E-state index in [1.54, 1.807) is 0 Å². The Balaban J connectivity index is 2.35. The largest absolute Gasteiger partial charge is 0.482 e. The smallest absolute Gasteiger partial charge is 0.343 e. The van der Waals surface area contributed by atoms with Gasteiger partial charge in [0.1, 0.15) is 5.75 Å². The Kier molecular flexibility index (Phi) is 3.79. The Labute approximate surface area is 105 Å². The molecule has 4 nitrogen and oxygen atoms in total. The van der Waals surface area contributed by atoms with E-state index in [0.717, 1.165) is 16.3 Å². The highest BCUT2D eigenvalue weighted by Crippen LogP contribution is 2.27. The van der Waals surface area contributed by atoms with Crippen LogP contribution in [0, 0.1) is 0 Å². The summed E-state index contributed by atoms with van der Waals surface area (Å²) in [4.78, 5) is 11.1. The van der Waals surface area contributed by atoms with Crippen molar-refractivity contribution in [2.24, 2.45) is 5.73 Å². The summed E-state index contributed by atoms with van der Waals surface area (Å²) in [6, 6.07) is 11.7. The van der Waals surface area contributed by atoms with E-state index in [-0.39, 0.29) is 6.61 Å². The molecule has 0 aliphatic carbocycles. The first-order valence-electron chi connectivity index (χ1n) is 5.66. The Morgan fingerprint density at radius 2 is 2.00 bits per heavy atom. The summed E-state index contributed by atoms with van der Waals surface area (Å²) in [6.07, 6.45) is 0. The molecule has 0 spiro atoms. The molecule has 0 aromatic heterocycles. The van der Waals surface area contributed by atoms with Gasteiger partial charge in [-0.15, -0.1) is 0 Å². The summed E-state index contributed by atoms with van der Waals surface area (Å²) in [5.74, 6) is 0.215. The van der Waals surface area contributed by atoms with E-state index in [2.05, 4.69) is 4.74 Å². The van der Waals surface area contributed by atoms with Crippen molar-refractivity contribution in [2.75, 3.05) is 13.7 Å².